The summed E-state index contributed by atoms with van der Waals surface area (Å²) in [5, 5.41) is 0.902. The molecule has 5 nitrogen and oxygen atoms in total. The number of piperidine rings is 1. The summed E-state index contributed by atoms with van der Waals surface area (Å²) in [5.41, 5.74) is 0.729. The average molecular weight is 415 g/mol. The molecule has 0 radical (unpaired) electrons. The predicted molar refractivity (Wildman–Crippen MR) is 102 cm³/mol. The number of halogens is 2. The van der Waals surface area contributed by atoms with Crippen LogP contribution in [0.5, 0.6) is 5.75 Å². The first-order valence-corrected chi connectivity index (χ1v) is 10.6. The SMILES string of the molecule is CC1CCN(S(=O)(=O)c2ccc(COc3c(Cl)cccc3Cl)cn2)CC1. The number of hydrogen-bond donors (Lipinski definition) is 0. The Balaban J connectivity index is 1.68. The Labute approximate surface area is 163 Å². The van der Waals surface area contributed by atoms with Crippen molar-refractivity contribution in [2.75, 3.05) is 13.1 Å². The molecule has 0 saturated carbocycles. The van der Waals surface area contributed by atoms with E-state index in [9.17, 15) is 8.42 Å². The van der Waals surface area contributed by atoms with Crippen LogP contribution in [-0.2, 0) is 16.6 Å². The van der Waals surface area contributed by atoms with Crippen molar-refractivity contribution in [1.82, 2.24) is 9.29 Å². The van der Waals surface area contributed by atoms with Crippen LogP contribution in [0.4, 0.5) is 0 Å². The van der Waals surface area contributed by atoms with Gasteiger partial charge >= 0.3 is 0 Å². The van der Waals surface area contributed by atoms with Crippen LogP contribution in [0.25, 0.3) is 0 Å². The zero-order chi connectivity index (χ0) is 18.7. The Bertz CT molecular complexity index is 844. The summed E-state index contributed by atoms with van der Waals surface area (Å²) in [4.78, 5) is 4.13. The van der Waals surface area contributed by atoms with Gasteiger partial charge in [-0.2, -0.15) is 4.31 Å². The minimum absolute atomic E-state index is 0.0616. The first kappa shape index (κ1) is 19.4. The summed E-state index contributed by atoms with van der Waals surface area (Å²) in [7, 11) is -3.54. The molecule has 0 spiro atoms. The minimum Gasteiger partial charge on any atom is -0.486 e. The number of ether oxygens (including phenoxy) is 1. The number of para-hydroxylation sites is 1. The molecular weight excluding hydrogens is 395 g/mol. The van der Waals surface area contributed by atoms with E-state index in [1.807, 2.05) is 0 Å². The van der Waals surface area contributed by atoms with Crippen LogP contribution >= 0.6 is 23.2 Å². The van der Waals surface area contributed by atoms with Crippen LogP contribution < -0.4 is 4.74 Å². The van der Waals surface area contributed by atoms with Crippen molar-refractivity contribution in [3.05, 3.63) is 52.1 Å². The zero-order valence-corrected chi connectivity index (χ0v) is 16.7. The van der Waals surface area contributed by atoms with Gasteiger partial charge in [0.1, 0.15) is 6.61 Å². The van der Waals surface area contributed by atoms with Gasteiger partial charge in [-0.15, -0.1) is 0 Å². The van der Waals surface area contributed by atoms with Crippen LogP contribution in [0, 0.1) is 5.92 Å². The van der Waals surface area contributed by atoms with Crippen LogP contribution in [0.1, 0.15) is 25.3 Å². The van der Waals surface area contributed by atoms with E-state index >= 15 is 0 Å². The smallest absolute Gasteiger partial charge is 0.260 e. The molecule has 0 aliphatic carbocycles. The van der Waals surface area contributed by atoms with E-state index in [1.54, 1.807) is 24.3 Å². The van der Waals surface area contributed by atoms with Crippen LogP contribution in [0.2, 0.25) is 10.0 Å². The molecule has 0 amide bonds. The molecule has 3 rings (SSSR count). The van der Waals surface area contributed by atoms with E-state index in [2.05, 4.69) is 11.9 Å². The number of hydrogen-bond acceptors (Lipinski definition) is 4. The summed E-state index contributed by atoms with van der Waals surface area (Å²) in [5.74, 6) is 0.959. The minimum atomic E-state index is -3.54. The molecule has 26 heavy (non-hydrogen) atoms. The molecule has 1 aromatic heterocycles. The largest absolute Gasteiger partial charge is 0.486 e. The van der Waals surface area contributed by atoms with Crippen LogP contribution in [0.15, 0.2) is 41.6 Å². The summed E-state index contributed by atoms with van der Waals surface area (Å²) in [6.07, 6.45) is 3.26. The number of benzene rings is 1. The van der Waals surface area contributed by atoms with Gasteiger partial charge in [-0.05, 0) is 37.0 Å². The maximum absolute atomic E-state index is 12.7. The summed E-state index contributed by atoms with van der Waals surface area (Å²) in [6.45, 7) is 3.42. The lowest BCUT2D eigenvalue weighted by Gasteiger charge is -2.29. The van der Waals surface area contributed by atoms with Gasteiger partial charge in [0.2, 0.25) is 0 Å². The molecule has 0 N–H and O–H groups in total. The topological polar surface area (TPSA) is 59.5 Å². The summed E-state index contributed by atoms with van der Waals surface area (Å²) >= 11 is 12.1. The Morgan fingerprint density at radius 3 is 2.38 bits per heavy atom. The van der Waals surface area contributed by atoms with Gasteiger partial charge in [0, 0.05) is 24.8 Å². The lowest BCUT2D eigenvalue weighted by Crippen LogP contribution is -2.38. The standard InChI is InChI=1S/C18H20Cl2N2O3S/c1-13-7-9-22(10-8-13)26(23,24)17-6-5-14(11-21-17)12-25-18-15(19)3-2-4-16(18)20/h2-6,11,13H,7-10,12H2,1H3. The third-order valence-electron chi connectivity index (χ3n) is 4.45. The van der Waals surface area contributed by atoms with E-state index < -0.39 is 10.0 Å². The van der Waals surface area contributed by atoms with Crippen molar-refractivity contribution in [1.29, 1.82) is 0 Å². The first-order valence-electron chi connectivity index (χ1n) is 8.40. The molecule has 0 atom stereocenters. The van der Waals surface area contributed by atoms with E-state index in [-0.39, 0.29) is 11.6 Å². The Kier molecular flexibility index (Phi) is 6.07. The van der Waals surface area contributed by atoms with E-state index in [1.165, 1.54) is 16.6 Å². The van der Waals surface area contributed by atoms with Gasteiger partial charge in [0.05, 0.1) is 10.0 Å². The van der Waals surface area contributed by atoms with Crippen molar-refractivity contribution < 1.29 is 13.2 Å². The summed E-state index contributed by atoms with van der Waals surface area (Å²) in [6, 6.07) is 8.32. The number of pyridine rings is 1. The molecule has 0 unspecified atom stereocenters. The normalized spacial score (nSPS) is 16.6. The molecule has 2 aromatic rings. The van der Waals surface area contributed by atoms with Gasteiger partial charge in [-0.1, -0.05) is 42.3 Å². The summed E-state index contributed by atoms with van der Waals surface area (Å²) < 4.78 is 32.5. The lowest BCUT2D eigenvalue weighted by atomic mass is 10.0. The van der Waals surface area contributed by atoms with Crippen molar-refractivity contribution in [3.8, 4) is 5.75 Å². The molecule has 140 valence electrons. The van der Waals surface area contributed by atoms with Gasteiger partial charge in [0.25, 0.3) is 10.0 Å². The Morgan fingerprint density at radius 1 is 1.15 bits per heavy atom. The first-order chi connectivity index (χ1) is 12.4. The Hall–Kier alpha value is -1.34. The number of aromatic nitrogens is 1. The molecule has 1 saturated heterocycles. The van der Waals surface area contributed by atoms with Gasteiger partial charge in [0.15, 0.2) is 10.8 Å². The van der Waals surface area contributed by atoms with Crippen molar-refractivity contribution in [2.45, 2.75) is 31.4 Å². The number of sulfonamides is 1. The van der Waals surface area contributed by atoms with Gasteiger partial charge < -0.3 is 4.74 Å². The zero-order valence-electron chi connectivity index (χ0n) is 14.4. The molecule has 0 bridgehead atoms. The van der Waals surface area contributed by atoms with Crippen molar-refractivity contribution in [2.24, 2.45) is 5.92 Å². The lowest BCUT2D eigenvalue weighted by molar-refractivity contribution is 0.287. The number of rotatable bonds is 5. The maximum atomic E-state index is 12.7. The second-order valence-electron chi connectivity index (χ2n) is 6.43. The second-order valence-corrected chi connectivity index (χ2v) is 9.13. The highest BCUT2D eigenvalue weighted by Gasteiger charge is 2.28. The quantitative estimate of drug-likeness (QED) is 0.727. The maximum Gasteiger partial charge on any atom is 0.260 e. The van der Waals surface area contributed by atoms with Gasteiger partial charge in [-0.3, -0.25) is 0 Å². The third kappa shape index (κ3) is 4.31. The van der Waals surface area contributed by atoms with Gasteiger partial charge in [-0.25, -0.2) is 13.4 Å². The molecule has 1 aliphatic rings. The average Bonchev–Trinajstić information content (AvgIpc) is 2.62. The highest BCUT2D eigenvalue weighted by molar-refractivity contribution is 7.89. The van der Waals surface area contributed by atoms with Crippen LogP contribution in [0.3, 0.4) is 0 Å². The van der Waals surface area contributed by atoms with Crippen molar-refractivity contribution in [3.63, 3.8) is 0 Å². The molecule has 2 heterocycles. The van der Waals surface area contributed by atoms with E-state index in [4.69, 9.17) is 27.9 Å². The molecular formula is C18H20Cl2N2O3S. The number of nitrogens with zero attached hydrogens (tertiary/aromatic N) is 2. The molecule has 1 aliphatic heterocycles. The van der Waals surface area contributed by atoms with E-state index in [0.29, 0.717) is 34.8 Å². The monoisotopic (exact) mass is 414 g/mol. The second kappa shape index (κ2) is 8.13. The molecule has 1 aromatic carbocycles. The van der Waals surface area contributed by atoms with Crippen LogP contribution in [-0.4, -0.2) is 30.8 Å². The fourth-order valence-corrected chi connectivity index (χ4v) is 4.67. The molecule has 1 fully saturated rings. The molecule has 8 heteroatoms. The fraction of sp³-hybridized carbons (Fsp3) is 0.389. The highest BCUT2D eigenvalue weighted by atomic mass is 35.5. The Morgan fingerprint density at radius 2 is 1.81 bits per heavy atom. The van der Waals surface area contributed by atoms with E-state index in [0.717, 1.165) is 18.4 Å². The predicted octanol–water partition coefficient (Wildman–Crippen LogP) is 4.39. The highest BCUT2D eigenvalue weighted by Crippen LogP contribution is 2.33. The fourth-order valence-electron chi connectivity index (χ4n) is 2.78. The van der Waals surface area contributed by atoms with Crippen molar-refractivity contribution >= 4 is 33.2 Å². The third-order valence-corrected chi connectivity index (χ3v) is 6.86.